The molecule has 2 N–H and O–H groups in total. The fraction of sp³-hybridized carbons (Fsp3) is 0.562. The molecule has 3 rings (SSSR count). The number of amides is 1. The molecule has 0 spiro atoms. The molecular weight excluding hydrogens is 252 g/mol. The van der Waals surface area contributed by atoms with Gasteiger partial charge in [-0.15, -0.1) is 0 Å². The van der Waals surface area contributed by atoms with Crippen LogP contribution in [0.25, 0.3) is 0 Å². The van der Waals surface area contributed by atoms with E-state index in [0.29, 0.717) is 5.92 Å². The Bertz CT molecular complexity index is 443. The van der Waals surface area contributed by atoms with Crippen molar-refractivity contribution in [3.63, 3.8) is 0 Å². The summed E-state index contributed by atoms with van der Waals surface area (Å²) in [4.78, 5) is 11.8. The molecule has 0 saturated carbocycles. The summed E-state index contributed by atoms with van der Waals surface area (Å²) in [6, 6.07) is 10.6. The Morgan fingerprint density at radius 2 is 2.15 bits per heavy atom. The minimum absolute atomic E-state index is 0.0532. The Hall–Kier alpha value is -1.39. The van der Waals surface area contributed by atoms with Crippen LogP contribution in [0.15, 0.2) is 30.3 Å². The van der Waals surface area contributed by atoms with Crippen molar-refractivity contribution in [3.05, 3.63) is 35.9 Å². The number of hydrogen-bond acceptors (Lipinski definition) is 3. The van der Waals surface area contributed by atoms with Crippen LogP contribution in [-0.4, -0.2) is 31.7 Å². The van der Waals surface area contributed by atoms with Gasteiger partial charge in [0.1, 0.15) is 0 Å². The third-order valence-corrected chi connectivity index (χ3v) is 4.25. The average Bonchev–Trinajstić information content (AvgIpc) is 3.12. The molecule has 2 saturated heterocycles. The highest BCUT2D eigenvalue weighted by atomic mass is 16.5. The van der Waals surface area contributed by atoms with Crippen molar-refractivity contribution in [2.75, 3.05) is 19.8 Å². The van der Waals surface area contributed by atoms with Crippen LogP contribution in [0.5, 0.6) is 0 Å². The highest BCUT2D eigenvalue weighted by Gasteiger charge is 2.29. The van der Waals surface area contributed by atoms with Gasteiger partial charge in [-0.2, -0.15) is 0 Å². The molecule has 0 unspecified atom stereocenters. The van der Waals surface area contributed by atoms with Gasteiger partial charge in [-0.05, 0) is 30.7 Å². The Labute approximate surface area is 119 Å². The Morgan fingerprint density at radius 3 is 2.80 bits per heavy atom. The van der Waals surface area contributed by atoms with Crippen LogP contribution in [-0.2, 0) is 9.53 Å². The Kier molecular flexibility index (Phi) is 4.33. The molecule has 1 aromatic carbocycles. The predicted molar refractivity (Wildman–Crippen MR) is 77.3 cm³/mol. The summed E-state index contributed by atoms with van der Waals surface area (Å²) in [5.41, 5.74) is 1.26. The second-order valence-electron chi connectivity index (χ2n) is 5.73. The second kappa shape index (κ2) is 6.37. The normalized spacial score (nSPS) is 27.5. The standard InChI is InChI=1S/C16H22N2O2/c19-16-14(6-8-17-16)18-15(10-12-7-9-20-11-12)13-4-2-1-3-5-13/h1-5,12,14-15,18H,6-11H2,(H,17,19)/t12-,14+,15+/m1/s1. The number of hydrogen-bond donors (Lipinski definition) is 2. The van der Waals surface area contributed by atoms with E-state index in [2.05, 4.69) is 34.9 Å². The first-order valence-electron chi connectivity index (χ1n) is 7.49. The zero-order valence-corrected chi connectivity index (χ0v) is 11.7. The van der Waals surface area contributed by atoms with E-state index < -0.39 is 0 Å². The van der Waals surface area contributed by atoms with Crippen LogP contribution in [0.3, 0.4) is 0 Å². The lowest BCUT2D eigenvalue weighted by molar-refractivity contribution is -0.121. The maximum atomic E-state index is 11.8. The Morgan fingerprint density at radius 1 is 1.30 bits per heavy atom. The first-order chi connectivity index (χ1) is 9.83. The second-order valence-corrected chi connectivity index (χ2v) is 5.73. The molecule has 2 heterocycles. The summed E-state index contributed by atoms with van der Waals surface area (Å²) in [5.74, 6) is 0.728. The van der Waals surface area contributed by atoms with E-state index >= 15 is 0 Å². The van der Waals surface area contributed by atoms with Gasteiger partial charge in [-0.25, -0.2) is 0 Å². The molecule has 3 atom stereocenters. The first kappa shape index (κ1) is 13.6. The van der Waals surface area contributed by atoms with Gasteiger partial charge in [0, 0.05) is 25.8 Å². The van der Waals surface area contributed by atoms with E-state index in [1.54, 1.807) is 0 Å². The fourth-order valence-corrected chi connectivity index (χ4v) is 3.08. The number of ether oxygens (including phenoxy) is 1. The van der Waals surface area contributed by atoms with Gasteiger partial charge >= 0.3 is 0 Å². The van der Waals surface area contributed by atoms with Crippen molar-refractivity contribution < 1.29 is 9.53 Å². The third kappa shape index (κ3) is 3.19. The van der Waals surface area contributed by atoms with Crippen LogP contribution >= 0.6 is 0 Å². The van der Waals surface area contributed by atoms with Gasteiger partial charge in [-0.3, -0.25) is 10.1 Å². The smallest absolute Gasteiger partial charge is 0.237 e. The molecule has 0 aromatic heterocycles. The maximum absolute atomic E-state index is 11.8. The molecule has 1 amide bonds. The lowest BCUT2D eigenvalue weighted by atomic mass is 9.93. The van der Waals surface area contributed by atoms with Crippen LogP contribution in [0.4, 0.5) is 0 Å². The quantitative estimate of drug-likeness (QED) is 0.858. The highest BCUT2D eigenvalue weighted by molar-refractivity contribution is 5.83. The van der Waals surface area contributed by atoms with Crippen molar-refractivity contribution >= 4 is 5.91 Å². The zero-order valence-electron chi connectivity index (χ0n) is 11.7. The van der Waals surface area contributed by atoms with E-state index in [1.807, 2.05) is 6.07 Å². The van der Waals surface area contributed by atoms with E-state index in [1.165, 1.54) is 5.56 Å². The van der Waals surface area contributed by atoms with E-state index in [4.69, 9.17) is 4.74 Å². The molecule has 2 aliphatic rings. The predicted octanol–water partition coefficient (Wildman–Crippen LogP) is 1.63. The lowest BCUT2D eigenvalue weighted by Gasteiger charge is -2.24. The number of nitrogens with one attached hydrogen (secondary N) is 2. The molecule has 2 aliphatic heterocycles. The van der Waals surface area contributed by atoms with Crippen molar-refractivity contribution in [1.29, 1.82) is 0 Å². The van der Waals surface area contributed by atoms with Crippen molar-refractivity contribution in [1.82, 2.24) is 10.6 Å². The van der Waals surface area contributed by atoms with Gasteiger partial charge < -0.3 is 10.1 Å². The topological polar surface area (TPSA) is 50.4 Å². The van der Waals surface area contributed by atoms with Gasteiger partial charge in [0.05, 0.1) is 6.04 Å². The summed E-state index contributed by atoms with van der Waals surface area (Å²) in [6.45, 7) is 2.50. The maximum Gasteiger partial charge on any atom is 0.237 e. The number of carbonyl (C=O) groups excluding carboxylic acids is 1. The van der Waals surface area contributed by atoms with Crippen molar-refractivity contribution in [2.24, 2.45) is 5.92 Å². The molecule has 2 fully saturated rings. The molecule has 0 aliphatic carbocycles. The van der Waals surface area contributed by atoms with E-state index in [0.717, 1.165) is 39.0 Å². The summed E-state index contributed by atoms with van der Waals surface area (Å²) in [7, 11) is 0. The molecule has 0 bridgehead atoms. The summed E-state index contributed by atoms with van der Waals surface area (Å²) >= 11 is 0. The molecular formula is C16H22N2O2. The minimum atomic E-state index is -0.0532. The summed E-state index contributed by atoms with van der Waals surface area (Å²) < 4.78 is 5.48. The summed E-state index contributed by atoms with van der Waals surface area (Å²) in [6.07, 6.45) is 3.04. The molecule has 1 aromatic rings. The fourth-order valence-electron chi connectivity index (χ4n) is 3.08. The number of carbonyl (C=O) groups is 1. The number of benzene rings is 1. The molecule has 4 nitrogen and oxygen atoms in total. The first-order valence-corrected chi connectivity index (χ1v) is 7.49. The highest BCUT2D eigenvalue weighted by Crippen LogP contribution is 2.27. The average molecular weight is 274 g/mol. The van der Waals surface area contributed by atoms with E-state index in [9.17, 15) is 4.79 Å². The van der Waals surface area contributed by atoms with Crippen LogP contribution < -0.4 is 10.6 Å². The third-order valence-electron chi connectivity index (χ3n) is 4.25. The Balaban J connectivity index is 1.70. The molecule has 20 heavy (non-hydrogen) atoms. The van der Waals surface area contributed by atoms with Gasteiger partial charge in [0.15, 0.2) is 0 Å². The molecule has 4 heteroatoms. The van der Waals surface area contributed by atoms with Gasteiger partial charge in [0.2, 0.25) is 5.91 Å². The monoisotopic (exact) mass is 274 g/mol. The zero-order chi connectivity index (χ0) is 13.8. The van der Waals surface area contributed by atoms with Crippen LogP contribution in [0.2, 0.25) is 0 Å². The molecule has 0 radical (unpaired) electrons. The largest absolute Gasteiger partial charge is 0.381 e. The van der Waals surface area contributed by atoms with E-state index in [-0.39, 0.29) is 18.0 Å². The van der Waals surface area contributed by atoms with Crippen LogP contribution in [0.1, 0.15) is 30.9 Å². The van der Waals surface area contributed by atoms with Crippen LogP contribution in [0, 0.1) is 5.92 Å². The van der Waals surface area contributed by atoms with Gasteiger partial charge in [0.25, 0.3) is 0 Å². The number of rotatable bonds is 5. The van der Waals surface area contributed by atoms with Crippen molar-refractivity contribution in [2.45, 2.75) is 31.3 Å². The minimum Gasteiger partial charge on any atom is -0.381 e. The summed E-state index contributed by atoms with van der Waals surface area (Å²) in [5, 5.41) is 6.44. The lowest BCUT2D eigenvalue weighted by Crippen LogP contribution is -2.39. The SMILES string of the molecule is O=C1NCC[C@@H]1N[C@@H](C[C@H]1CCOC1)c1ccccc1. The van der Waals surface area contributed by atoms with Gasteiger partial charge in [-0.1, -0.05) is 30.3 Å². The van der Waals surface area contributed by atoms with Crippen molar-refractivity contribution in [3.8, 4) is 0 Å². The molecule has 108 valence electrons.